The summed E-state index contributed by atoms with van der Waals surface area (Å²) < 4.78 is 28.6. The Bertz CT molecular complexity index is 702. The van der Waals surface area contributed by atoms with E-state index in [1.807, 2.05) is 18.1 Å². The van der Waals surface area contributed by atoms with Gasteiger partial charge in [0.2, 0.25) is 15.9 Å². The van der Waals surface area contributed by atoms with Crippen LogP contribution in [0.2, 0.25) is 0 Å². The quantitative estimate of drug-likeness (QED) is 0.799. The SMILES string of the molecule is CCNS(=O)(=O)C1CCN(C2CCCN(c3cnn(C)c3)C2=O)C1. The summed E-state index contributed by atoms with van der Waals surface area (Å²) in [5.74, 6) is 0.0516. The van der Waals surface area contributed by atoms with Crippen molar-refractivity contribution in [1.82, 2.24) is 19.4 Å². The first-order chi connectivity index (χ1) is 11.4. The summed E-state index contributed by atoms with van der Waals surface area (Å²) in [6, 6.07) is -0.235. The molecule has 2 fully saturated rings. The van der Waals surface area contributed by atoms with Crippen molar-refractivity contribution in [2.24, 2.45) is 7.05 Å². The number of aromatic nitrogens is 2. The molecule has 0 radical (unpaired) electrons. The lowest BCUT2D eigenvalue weighted by atomic mass is 10.0. The fraction of sp³-hybridized carbons (Fsp3) is 0.733. The van der Waals surface area contributed by atoms with Gasteiger partial charge in [0.25, 0.3) is 0 Å². The van der Waals surface area contributed by atoms with Crippen LogP contribution in [0.1, 0.15) is 26.2 Å². The predicted molar refractivity (Wildman–Crippen MR) is 91.2 cm³/mol. The number of aryl methyl sites for hydroxylation is 1. The van der Waals surface area contributed by atoms with E-state index in [1.165, 1.54) is 0 Å². The number of likely N-dealkylation sites (tertiary alicyclic amines) is 1. The number of sulfonamides is 1. The number of nitrogens with zero attached hydrogens (tertiary/aromatic N) is 4. The zero-order valence-electron chi connectivity index (χ0n) is 14.2. The van der Waals surface area contributed by atoms with Crippen molar-refractivity contribution in [2.45, 2.75) is 37.5 Å². The molecule has 0 aromatic carbocycles. The molecule has 8 nitrogen and oxygen atoms in total. The van der Waals surface area contributed by atoms with Crippen LogP contribution in [0.3, 0.4) is 0 Å². The second-order valence-corrected chi connectivity index (χ2v) is 8.51. The fourth-order valence-electron chi connectivity index (χ4n) is 3.61. The van der Waals surface area contributed by atoms with E-state index in [-0.39, 0.29) is 11.9 Å². The zero-order chi connectivity index (χ0) is 17.3. The van der Waals surface area contributed by atoms with E-state index in [9.17, 15) is 13.2 Å². The first kappa shape index (κ1) is 17.4. The van der Waals surface area contributed by atoms with Gasteiger partial charge < -0.3 is 4.90 Å². The lowest BCUT2D eigenvalue weighted by Gasteiger charge is -2.36. The third-order valence-corrected chi connectivity index (χ3v) is 6.77. The molecular formula is C15H25N5O3S. The Kier molecular flexibility index (Phi) is 4.93. The molecule has 0 bridgehead atoms. The van der Waals surface area contributed by atoms with Crippen molar-refractivity contribution in [3.63, 3.8) is 0 Å². The summed E-state index contributed by atoms with van der Waals surface area (Å²) in [5, 5.41) is 3.70. The summed E-state index contributed by atoms with van der Waals surface area (Å²) in [6.07, 6.45) is 5.80. The number of nitrogens with one attached hydrogen (secondary N) is 1. The van der Waals surface area contributed by atoms with Crippen molar-refractivity contribution in [3.05, 3.63) is 12.4 Å². The molecule has 3 rings (SSSR count). The number of amides is 1. The average molecular weight is 355 g/mol. The Morgan fingerprint density at radius 3 is 2.79 bits per heavy atom. The number of carbonyl (C=O) groups excluding carboxylic acids is 1. The average Bonchev–Trinajstić information content (AvgIpc) is 3.17. The summed E-state index contributed by atoms with van der Waals surface area (Å²) in [4.78, 5) is 16.7. The Balaban J connectivity index is 1.70. The van der Waals surface area contributed by atoms with Gasteiger partial charge in [-0.3, -0.25) is 14.4 Å². The fourth-order valence-corrected chi connectivity index (χ4v) is 5.05. The number of carbonyl (C=O) groups is 1. The van der Waals surface area contributed by atoms with E-state index in [0.717, 1.165) is 18.5 Å². The van der Waals surface area contributed by atoms with Crippen molar-refractivity contribution < 1.29 is 13.2 Å². The normalized spacial score (nSPS) is 26.2. The minimum atomic E-state index is -3.29. The maximum atomic E-state index is 12.9. The summed E-state index contributed by atoms with van der Waals surface area (Å²) in [7, 11) is -1.47. The molecule has 1 aromatic rings. The van der Waals surface area contributed by atoms with Gasteiger partial charge in [0, 0.05) is 39.4 Å². The molecule has 0 spiro atoms. The molecule has 0 saturated carbocycles. The highest BCUT2D eigenvalue weighted by molar-refractivity contribution is 7.90. The Morgan fingerprint density at radius 2 is 2.12 bits per heavy atom. The Morgan fingerprint density at radius 1 is 1.33 bits per heavy atom. The number of piperidine rings is 1. The lowest BCUT2D eigenvalue weighted by molar-refractivity contribution is -0.124. The van der Waals surface area contributed by atoms with Crippen molar-refractivity contribution >= 4 is 21.6 Å². The molecule has 2 aliphatic heterocycles. The van der Waals surface area contributed by atoms with Gasteiger partial charge >= 0.3 is 0 Å². The minimum Gasteiger partial charge on any atom is -0.308 e. The molecule has 0 aliphatic carbocycles. The van der Waals surface area contributed by atoms with Gasteiger partial charge in [-0.15, -0.1) is 0 Å². The van der Waals surface area contributed by atoms with Crippen LogP contribution in [0.4, 0.5) is 5.69 Å². The van der Waals surface area contributed by atoms with E-state index in [4.69, 9.17) is 0 Å². The molecule has 2 unspecified atom stereocenters. The molecule has 1 amide bonds. The van der Waals surface area contributed by atoms with Gasteiger partial charge in [0.1, 0.15) is 0 Å². The molecule has 2 saturated heterocycles. The minimum absolute atomic E-state index is 0.0516. The van der Waals surface area contributed by atoms with E-state index in [1.54, 1.807) is 22.7 Å². The van der Waals surface area contributed by atoms with Gasteiger partial charge in [-0.2, -0.15) is 5.10 Å². The van der Waals surface area contributed by atoms with Crippen LogP contribution >= 0.6 is 0 Å². The topological polar surface area (TPSA) is 87.5 Å². The highest BCUT2D eigenvalue weighted by atomic mass is 32.2. The Hall–Kier alpha value is -1.45. The molecule has 2 atom stereocenters. The van der Waals surface area contributed by atoms with Crippen LogP contribution in [0.25, 0.3) is 0 Å². The van der Waals surface area contributed by atoms with Gasteiger partial charge in [-0.1, -0.05) is 6.92 Å². The van der Waals surface area contributed by atoms with Gasteiger partial charge in [0.05, 0.1) is 23.2 Å². The summed E-state index contributed by atoms with van der Waals surface area (Å²) in [6.45, 7) is 3.93. The second-order valence-electron chi connectivity index (χ2n) is 6.47. The van der Waals surface area contributed by atoms with E-state index in [0.29, 0.717) is 32.6 Å². The van der Waals surface area contributed by atoms with Crippen LogP contribution in [0.15, 0.2) is 12.4 Å². The number of hydrogen-bond donors (Lipinski definition) is 1. The lowest BCUT2D eigenvalue weighted by Crippen LogP contribution is -2.52. The van der Waals surface area contributed by atoms with Crippen LogP contribution in [-0.4, -0.2) is 66.5 Å². The van der Waals surface area contributed by atoms with Crippen LogP contribution in [0, 0.1) is 0 Å². The maximum Gasteiger partial charge on any atom is 0.244 e. The number of anilines is 1. The number of hydrogen-bond acceptors (Lipinski definition) is 5. The molecule has 1 aromatic heterocycles. The Labute approximate surface area is 142 Å². The molecule has 2 aliphatic rings. The largest absolute Gasteiger partial charge is 0.308 e. The molecule has 9 heteroatoms. The smallest absolute Gasteiger partial charge is 0.244 e. The predicted octanol–water partition coefficient (Wildman–Crippen LogP) is -0.0709. The van der Waals surface area contributed by atoms with Gasteiger partial charge in [-0.25, -0.2) is 13.1 Å². The third kappa shape index (κ3) is 3.33. The van der Waals surface area contributed by atoms with Crippen LogP contribution in [-0.2, 0) is 21.9 Å². The molecule has 3 heterocycles. The van der Waals surface area contributed by atoms with Crippen LogP contribution < -0.4 is 9.62 Å². The summed E-state index contributed by atoms with van der Waals surface area (Å²) in [5.41, 5.74) is 0.809. The standard InChI is InChI=1S/C15H25N5O3S/c1-3-17-24(22,23)13-6-8-19(11-13)14-5-4-7-20(15(14)21)12-9-16-18(2)10-12/h9-10,13-14,17H,3-8,11H2,1-2H3. The molecular weight excluding hydrogens is 330 g/mol. The zero-order valence-corrected chi connectivity index (χ0v) is 15.0. The van der Waals surface area contributed by atoms with Crippen molar-refractivity contribution in [1.29, 1.82) is 0 Å². The number of rotatable bonds is 5. The highest BCUT2D eigenvalue weighted by Gasteiger charge is 2.40. The second kappa shape index (κ2) is 6.81. The van der Waals surface area contributed by atoms with E-state index < -0.39 is 15.3 Å². The first-order valence-electron chi connectivity index (χ1n) is 8.45. The van der Waals surface area contributed by atoms with Crippen molar-refractivity contribution in [2.75, 3.05) is 31.1 Å². The molecule has 134 valence electrons. The molecule has 24 heavy (non-hydrogen) atoms. The summed E-state index contributed by atoms with van der Waals surface area (Å²) >= 11 is 0. The monoisotopic (exact) mass is 355 g/mol. The van der Waals surface area contributed by atoms with E-state index >= 15 is 0 Å². The molecule has 1 N–H and O–H groups in total. The third-order valence-electron chi connectivity index (χ3n) is 4.81. The van der Waals surface area contributed by atoms with Crippen molar-refractivity contribution in [3.8, 4) is 0 Å². The van der Waals surface area contributed by atoms with Crippen LogP contribution in [0.5, 0.6) is 0 Å². The van der Waals surface area contributed by atoms with E-state index in [2.05, 4.69) is 9.82 Å². The van der Waals surface area contributed by atoms with Gasteiger partial charge in [0.15, 0.2) is 0 Å². The van der Waals surface area contributed by atoms with Gasteiger partial charge in [-0.05, 0) is 19.3 Å². The highest BCUT2D eigenvalue weighted by Crippen LogP contribution is 2.27. The first-order valence-corrected chi connectivity index (χ1v) is 9.99. The maximum absolute atomic E-state index is 12.9.